The monoisotopic (exact) mass is 487 g/mol. The number of nitrogens with zero attached hydrogens (tertiary/aromatic N) is 2. The first kappa shape index (κ1) is 21.4. The third-order valence-electron chi connectivity index (χ3n) is 6.43. The molecule has 1 N–H and O–H groups in total. The van der Waals surface area contributed by atoms with Crippen LogP contribution in [0.4, 0.5) is 5.13 Å². The molecule has 0 unspecified atom stereocenters. The Morgan fingerprint density at radius 2 is 1.94 bits per heavy atom. The molecule has 35 heavy (non-hydrogen) atoms. The smallest absolute Gasteiger partial charge is 0.254 e. The Balaban J connectivity index is 1.41. The number of hydrogen-bond acceptors (Lipinski definition) is 7. The first-order chi connectivity index (χ1) is 17.0. The molecule has 176 valence electrons. The zero-order chi connectivity index (χ0) is 24.1. The summed E-state index contributed by atoms with van der Waals surface area (Å²) in [7, 11) is 3.33. The zero-order valence-corrected chi connectivity index (χ0v) is 19.8. The number of thiazole rings is 1. The maximum atomic E-state index is 13.8. The van der Waals surface area contributed by atoms with Crippen molar-refractivity contribution in [3.63, 3.8) is 0 Å². The van der Waals surface area contributed by atoms with Crippen molar-refractivity contribution < 1.29 is 23.8 Å². The van der Waals surface area contributed by atoms with Gasteiger partial charge in [0.2, 0.25) is 12.7 Å². The molecule has 0 bridgehead atoms. The second-order valence-corrected chi connectivity index (χ2v) is 9.41. The van der Waals surface area contributed by atoms with Gasteiger partial charge >= 0.3 is 0 Å². The third kappa shape index (κ3) is 3.55. The molecule has 2 aliphatic heterocycles. The number of aromatic nitrogens is 1. The van der Waals surface area contributed by atoms with Crippen LogP contribution in [0.5, 0.6) is 17.2 Å². The minimum atomic E-state index is -0.657. The van der Waals surface area contributed by atoms with Crippen molar-refractivity contribution >= 4 is 38.5 Å². The van der Waals surface area contributed by atoms with Gasteiger partial charge in [0.05, 0.1) is 29.3 Å². The predicted molar refractivity (Wildman–Crippen MR) is 131 cm³/mol. The van der Waals surface area contributed by atoms with Gasteiger partial charge < -0.3 is 24.4 Å². The zero-order valence-electron chi connectivity index (χ0n) is 19.0. The fourth-order valence-corrected chi connectivity index (χ4v) is 5.64. The van der Waals surface area contributed by atoms with Gasteiger partial charge in [-0.15, -0.1) is 0 Å². The summed E-state index contributed by atoms with van der Waals surface area (Å²) in [5.41, 5.74) is 2.75. The highest BCUT2D eigenvalue weighted by Gasteiger charge is 2.43. The fourth-order valence-electron chi connectivity index (χ4n) is 4.74. The number of amides is 2. The number of carbonyl (C=O) groups excluding carboxylic acids is 2. The minimum Gasteiger partial charge on any atom is -0.497 e. The summed E-state index contributed by atoms with van der Waals surface area (Å²) in [4.78, 5) is 33.3. The summed E-state index contributed by atoms with van der Waals surface area (Å²) >= 11 is 1.37. The topological polar surface area (TPSA) is 90.0 Å². The Morgan fingerprint density at radius 3 is 2.80 bits per heavy atom. The van der Waals surface area contributed by atoms with Crippen LogP contribution in [0.25, 0.3) is 10.2 Å². The van der Waals surface area contributed by atoms with E-state index >= 15 is 0 Å². The first-order valence-corrected chi connectivity index (χ1v) is 11.9. The number of carbonyl (C=O) groups is 2. The maximum Gasteiger partial charge on any atom is 0.254 e. The minimum absolute atomic E-state index is 0.139. The summed E-state index contributed by atoms with van der Waals surface area (Å²) in [5, 5.41) is 3.49. The normalized spacial score (nSPS) is 18.5. The Hall–Kier alpha value is -4.11. The van der Waals surface area contributed by atoms with Crippen molar-refractivity contribution in [3.8, 4) is 17.2 Å². The summed E-state index contributed by atoms with van der Waals surface area (Å²) in [6.45, 7) is 0.146. The standard InChI is InChI=1S/C26H21N3O5S/c1-29-23(14-7-10-19-20(11-14)34-13-33-19)22(16-5-3-4-6-17(16)25(29)31)24(30)28-26-27-18-9-8-15(32-2)12-21(18)35-26/h3-12,22-23H,13H2,1-2H3,(H,27,28,30)/t22-,23-/m1/s1. The van der Waals surface area contributed by atoms with Crippen molar-refractivity contribution in [2.45, 2.75) is 12.0 Å². The average Bonchev–Trinajstić information content (AvgIpc) is 3.51. The number of fused-ring (bicyclic) bond motifs is 3. The molecule has 0 saturated heterocycles. The van der Waals surface area contributed by atoms with E-state index < -0.39 is 12.0 Å². The van der Waals surface area contributed by atoms with Crippen LogP contribution >= 0.6 is 11.3 Å². The summed E-state index contributed by atoms with van der Waals surface area (Å²) < 4.78 is 17.2. The largest absolute Gasteiger partial charge is 0.497 e. The van der Waals surface area contributed by atoms with E-state index in [2.05, 4.69) is 10.3 Å². The molecule has 1 aromatic heterocycles. The van der Waals surface area contributed by atoms with Gasteiger partial charge in [-0.25, -0.2) is 4.98 Å². The van der Waals surface area contributed by atoms with Crippen LogP contribution in [0.15, 0.2) is 60.7 Å². The van der Waals surface area contributed by atoms with Gasteiger partial charge in [0, 0.05) is 12.6 Å². The fraction of sp³-hybridized carbons (Fsp3) is 0.192. The van der Waals surface area contributed by atoms with Crippen LogP contribution in [0.1, 0.15) is 33.4 Å². The molecule has 0 fully saturated rings. The number of ether oxygens (including phenoxy) is 3. The number of hydrogen-bond donors (Lipinski definition) is 1. The molecule has 2 atom stereocenters. The van der Waals surface area contributed by atoms with Gasteiger partial charge in [0.15, 0.2) is 16.6 Å². The van der Waals surface area contributed by atoms with E-state index in [1.54, 1.807) is 31.2 Å². The molecule has 0 aliphatic carbocycles. The Morgan fingerprint density at radius 1 is 1.11 bits per heavy atom. The molecular formula is C26H21N3O5S. The Kier molecular flexibility index (Phi) is 5.07. The second-order valence-electron chi connectivity index (χ2n) is 8.38. The first-order valence-electron chi connectivity index (χ1n) is 11.0. The summed E-state index contributed by atoms with van der Waals surface area (Å²) in [5.74, 6) is 0.926. The van der Waals surface area contributed by atoms with Crippen LogP contribution < -0.4 is 19.5 Å². The highest BCUT2D eigenvalue weighted by molar-refractivity contribution is 7.22. The van der Waals surface area contributed by atoms with Gasteiger partial charge in [-0.3, -0.25) is 9.59 Å². The molecule has 2 amide bonds. The molecule has 9 heteroatoms. The molecule has 3 aromatic carbocycles. The van der Waals surface area contributed by atoms with E-state index in [1.807, 2.05) is 48.5 Å². The van der Waals surface area contributed by atoms with Crippen molar-refractivity contribution in [3.05, 3.63) is 77.4 Å². The van der Waals surface area contributed by atoms with Crippen molar-refractivity contribution in [2.75, 3.05) is 26.3 Å². The van der Waals surface area contributed by atoms with Crippen molar-refractivity contribution in [1.82, 2.24) is 9.88 Å². The quantitative estimate of drug-likeness (QED) is 0.453. The lowest BCUT2D eigenvalue weighted by Crippen LogP contribution is -2.44. The maximum absolute atomic E-state index is 13.8. The van der Waals surface area contributed by atoms with Gasteiger partial charge in [-0.05, 0) is 47.5 Å². The molecule has 8 nitrogen and oxygen atoms in total. The highest BCUT2D eigenvalue weighted by Crippen LogP contribution is 2.45. The van der Waals surface area contributed by atoms with Crippen LogP contribution in [0.2, 0.25) is 0 Å². The number of rotatable bonds is 4. The van der Waals surface area contributed by atoms with Crippen molar-refractivity contribution in [1.29, 1.82) is 0 Å². The van der Waals surface area contributed by atoms with Crippen molar-refractivity contribution in [2.24, 2.45) is 0 Å². The molecule has 0 saturated carbocycles. The summed E-state index contributed by atoms with van der Waals surface area (Å²) in [6, 6.07) is 17.8. The number of benzene rings is 3. The Labute approximate surface area is 205 Å². The molecule has 2 aliphatic rings. The van der Waals surface area contributed by atoms with Gasteiger partial charge in [0.25, 0.3) is 5.91 Å². The van der Waals surface area contributed by atoms with E-state index in [0.29, 0.717) is 27.8 Å². The molecule has 4 aromatic rings. The van der Waals surface area contributed by atoms with Crippen LogP contribution in [-0.2, 0) is 4.79 Å². The van der Waals surface area contributed by atoms with E-state index in [0.717, 1.165) is 21.5 Å². The van der Waals surface area contributed by atoms with Crippen LogP contribution in [0, 0.1) is 0 Å². The second kappa shape index (κ2) is 8.28. The number of anilines is 1. The molecule has 6 rings (SSSR count). The molecule has 0 spiro atoms. The van der Waals surface area contributed by atoms with Crippen LogP contribution in [0.3, 0.4) is 0 Å². The van der Waals surface area contributed by atoms with E-state index in [1.165, 1.54) is 11.3 Å². The van der Waals surface area contributed by atoms with E-state index in [4.69, 9.17) is 14.2 Å². The predicted octanol–water partition coefficient (Wildman–Crippen LogP) is 4.58. The summed E-state index contributed by atoms with van der Waals surface area (Å²) in [6.07, 6.45) is 0. The lowest BCUT2D eigenvalue weighted by molar-refractivity contribution is -0.119. The number of nitrogens with one attached hydrogen (secondary N) is 1. The third-order valence-corrected chi connectivity index (χ3v) is 7.36. The Bertz CT molecular complexity index is 1480. The van der Waals surface area contributed by atoms with Crippen LogP contribution in [-0.4, -0.2) is 42.6 Å². The molecule has 0 radical (unpaired) electrons. The molecule has 3 heterocycles. The lowest BCUT2D eigenvalue weighted by Gasteiger charge is -2.39. The van der Waals surface area contributed by atoms with E-state index in [9.17, 15) is 9.59 Å². The van der Waals surface area contributed by atoms with Gasteiger partial charge in [-0.1, -0.05) is 35.6 Å². The molecular weight excluding hydrogens is 466 g/mol. The van der Waals surface area contributed by atoms with Gasteiger partial charge in [-0.2, -0.15) is 0 Å². The highest BCUT2D eigenvalue weighted by atomic mass is 32.1. The lowest BCUT2D eigenvalue weighted by atomic mass is 9.79. The van der Waals surface area contributed by atoms with E-state index in [-0.39, 0.29) is 18.6 Å². The number of likely N-dealkylation sites (N-methyl/N-ethyl adjacent to an activating group) is 1. The number of methoxy groups -OCH3 is 1. The average molecular weight is 488 g/mol. The van der Waals surface area contributed by atoms with Gasteiger partial charge in [0.1, 0.15) is 5.75 Å². The SMILES string of the molecule is COc1ccc2nc(NC(=O)[C@@H]3c4ccccc4C(=O)N(C)[C@@H]3c3ccc4c(c3)OCO4)sc2c1.